The van der Waals surface area contributed by atoms with Crippen molar-refractivity contribution in [1.82, 2.24) is 9.97 Å². The average molecular weight is 277 g/mol. The number of pyridine rings is 1. The Morgan fingerprint density at radius 3 is 2.74 bits per heavy atom. The molecule has 0 radical (unpaired) electrons. The number of nitrogens with one attached hydrogen (secondary N) is 1. The summed E-state index contributed by atoms with van der Waals surface area (Å²) in [6, 6.07) is 3.97. The van der Waals surface area contributed by atoms with Crippen molar-refractivity contribution in [3.05, 3.63) is 30.7 Å². The lowest BCUT2D eigenvalue weighted by atomic mass is 10.2. The zero-order chi connectivity index (χ0) is 13.9. The third kappa shape index (κ3) is 5.39. The first-order chi connectivity index (χ1) is 9.40. The Hall–Kier alpha value is -1.42. The highest BCUT2D eigenvalue weighted by Crippen LogP contribution is 2.27. The fourth-order valence-corrected chi connectivity index (χ4v) is 2.40. The Kier molecular flexibility index (Phi) is 7.82. The molecule has 0 atom stereocenters. The lowest BCUT2D eigenvalue weighted by Gasteiger charge is -2.00. The summed E-state index contributed by atoms with van der Waals surface area (Å²) in [6.07, 6.45) is 9.28. The molecule has 0 spiro atoms. The zero-order valence-electron chi connectivity index (χ0n) is 12.0. The Labute approximate surface area is 120 Å². The van der Waals surface area contributed by atoms with Gasteiger partial charge in [0.05, 0.1) is 6.20 Å². The quantitative estimate of drug-likeness (QED) is 0.768. The molecule has 1 N–H and O–H groups in total. The highest BCUT2D eigenvalue weighted by Gasteiger charge is 2.03. The predicted octanol–water partition coefficient (Wildman–Crippen LogP) is 4.83. The van der Waals surface area contributed by atoms with Crippen LogP contribution in [0.4, 0.5) is 5.00 Å². The van der Waals surface area contributed by atoms with Crippen LogP contribution in [0.3, 0.4) is 0 Å². The molecule has 0 aliphatic heterocycles. The summed E-state index contributed by atoms with van der Waals surface area (Å²) in [6.45, 7) is 7.25. The Morgan fingerprint density at radius 2 is 2.05 bits per heavy atom. The minimum absolute atomic E-state index is 1.02. The van der Waals surface area contributed by atoms with Crippen LogP contribution in [0, 0.1) is 0 Å². The van der Waals surface area contributed by atoms with E-state index in [9.17, 15) is 0 Å². The van der Waals surface area contributed by atoms with Gasteiger partial charge in [-0.1, -0.05) is 44.9 Å². The second kappa shape index (κ2) is 9.50. The number of anilines is 1. The van der Waals surface area contributed by atoms with Crippen LogP contribution in [0.15, 0.2) is 30.7 Å². The molecule has 0 aliphatic rings. The topological polar surface area (TPSA) is 37.8 Å². The van der Waals surface area contributed by atoms with E-state index in [1.165, 1.54) is 19.3 Å². The summed E-state index contributed by atoms with van der Waals surface area (Å²) in [5.74, 6) is 0. The van der Waals surface area contributed by atoms with Crippen molar-refractivity contribution in [1.29, 1.82) is 0 Å². The molecule has 19 heavy (non-hydrogen) atoms. The molecule has 2 rings (SSSR count). The third-order valence-electron chi connectivity index (χ3n) is 2.49. The third-order valence-corrected chi connectivity index (χ3v) is 3.50. The molecular formula is C15H23N3S. The van der Waals surface area contributed by atoms with Crippen molar-refractivity contribution < 1.29 is 0 Å². The number of rotatable bonds is 6. The first kappa shape index (κ1) is 15.6. The molecule has 0 saturated carbocycles. The lowest BCUT2D eigenvalue weighted by molar-refractivity contribution is 0.744. The molecule has 4 heteroatoms. The van der Waals surface area contributed by atoms with Gasteiger partial charge >= 0.3 is 0 Å². The van der Waals surface area contributed by atoms with E-state index in [4.69, 9.17) is 0 Å². The minimum atomic E-state index is 1.02. The highest BCUT2D eigenvalue weighted by atomic mass is 32.1. The van der Waals surface area contributed by atoms with Crippen molar-refractivity contribution in [2.45, 2.75) is 40.0 Å². The van der Waals surface area contributed by atoms with Gasteiger partial charge in [-0.3, -0.25) is 4.98 Å². The van der Waals surface area contributed by atoms with Crippen molar-refractivity contribution in [2.24, 2.45) is 0 Å². The van der Waals surface area contributed by atoms with Crippen molar-refractivity contribution in [2.75, 3.05) is 11.9 Å². The maximum Gasteiger partial charge on any atom is 0.126 e. The summed E-state index contributed by atoms with van der Waals surface area (Å²) in [5, 5.41) is 5.57. The highest BCUT2D eigenvalue weighted by molar-refractivity contribution is 7.18. The molecule has 0 fully saturated rings. The first-order valence-corrected chi connectivity index (χ1v) is 7.82. The maximum atomic E-state index is 4.40. The van der Waals surface area contributed by atoms with Gasteiger partial charge in [-0.2, -0.15) is 0 Å². The number of thiazole rings is 1. The Balaban J connectivity index is 0.000000861. The maximum absolute atomic E-state index is 4.40. The molecule has 2 aromatic heterocycles. The molecule has 3 nitrogen and oxygen atoms in total. The molecule has 0 bridgehead atoms. The number of unbranched alkanes of at least 4 members (excludes halogenated alkanes) is 2. The van der Waals surface area contributed by atoms with Crippen molar-refractivity contribution >= 4 is 16.3 Å². The van der Waals surface area contributed by atoms with E-state index in [1.54, 1.807) is 17.5 Å². The van der Waals surface area contributed by atoms with Gasteiger partial charge in [0.15, 0.2) is 0 Å². The van der Waals surface area contributed by atoms with E-state index < -0.39 is 0 Å². The largest absolute Gasteiger partial charge is 0.376 e. The van der Waals surface area contributed by atoms with Gasteiger partial charge < -0.3 is 5.32 Å². The fraction of sp³-hybridized carbons (Fsp3) is 0.467. The van der Waals surface area contributed by atoms with E-state index >= 15 is 0 Å². The molecule has 104 valence electrons. The van der Waals surface area contributed by atoms with E-state index in [1.807, 2.05) is 38.4 Å². The second-order valence-corrected chi connectivity index (χ2v) is 4.94. The number of hydrogen-bond acceptors (Lipinski definition) is 4. The molecule has 0 unspecified atom stereocenters. The van der Waals surface area contributed by atoms with Crippen molar-refractivity contribution in [3.8, 4) is 10.6 Å². The lowest BCUT2D eigenvalue weighted by Crippen LogP contribution is -1.98. The minimum Gasteiger partial charge on any atom is -0.376 e. The van der Waals surface area contributed by atoms with Gasteiger partial charge in [0, 0.05) is 24.5 Å². The van der Waals surface area contributed by atoms with E-state index in [0.717, 1.165) is 22.1 Å². The van der Waals surface area contributed by atoms with Gasteiger partial charge in [-0.05, 0) is 18.6 Å². The van der Waals surface area contributed by atoms with Crippen LogP contribution < -0.4 is 5.32 Å². The van der Waals surface area contributed by atoms with Crippen LogP contribution in [0.5, 0.6) is 0 Å². The summed E-state index contributed by atoms with van der Waals surface area (Å²) in [7, 11) is 0. The van der Waals surface area contributed by atoms with Crippen molar-refractivity contribution in [3.63, 3.8) is 0 Å². The Morgan fingerprint density at radius 1 is 1.21 bits per heavy atom. The van der Waals surface area contributed by atoms with Gasteiger partial charge in [-0.25, -0.2) is 4.98 Å². The number of hydrogen-bond donors (Lipinski definition) is 1. The fourth-order valence-electron chi connectivity index (χ4n) is 1.57. The predicted molar refractivity (Wildman–Crippen MR) is 84.7 cm³/mol. The van der Waals surface area contributed by atoms with Gasteiger partial charge in [0.2, 0.25) is 0 Å². The first-order valence-electron chi connectivity index (χ1n) is 7.00. The van der Waals surface area contributed by atoms with Crippen LogP contribution in [0.2, 0.25) is 0 Å². The van der Waals surface area contributed by atoms with E-state index in [-0.39, 0.29) is 0 Å². The van der Waals surface area contributed by atoms with Gasteiger partial charge in [-0.15, -0.1) is 0 Å². The number of aromatic nitrogens is 2. The van der Waals surface area contributed by atoms with Crippen LogP contribution >= 0.6 is 11.3 Å². The molecule has 0 amide bonds. The molecule has 0 aromatic carbocycles. The molecular weight excluding hydrogens is 254 g/mol. The number of nitrogens with zero attached hydrogens (tertiary/aromatic N) is 2. The molecule has 0 aliphatic carbocycles. The summed E-state index contributed by atoms with van der Waals surface area (Å²) < 4.78 is 0. The summed E-state index contributed by atoms with van der Waals surface area (Å²) >= 11 is 1.68. The van der Waals surface area contributed by atoms with Crippen LogP contribution in [0.25, 0.3) is 10.6 Å². The summed E-state index contributed by atoms with van der Waals surface area (Å²) in [5.41, 5.74) is 1.08. The van der Waals surface area contributed by atoms with Crippen LogP contribution in [-0.4, -0.2) is 16.5 Å². The zero-order valence-corrected chi connectivity index (χ0v) is 12.8. The summed E-state index contributed by atoms with van der Waals surface area (Å²) in [4.78, 5) is 8.50. The second-order valence-electron chi connectivity index (χ2n) is 3.91. The monoisotopic (exact) mass is 277 g/mol. The van der Waals surface area contributed by atoms with E-state index in [0.29, 0.717) is 0 Å². The Bertz CT molecular complexity index is 440. The SMILES string of the molecule is CC.CCCCCNc1cnc(-c2cccnc2)s1. The molecule has 2 aromatic rings. The normalized spacial score (nSPS) is 9.63. The van der Waals surface area contributed by atoms with Gasteiger partial charge in [0.1, 0.15) is 10.0 Å². The molecule has 0 saturated heterocycles. The van der Waals surface area contributed by atoms with Gasteiger partial charge in [0.25, 0.3) is 0 Å². The van der Waals surface area contributed by atoms with Crippen LogP contribution in [0.1, 0.15) is 40.0 Å². The molecule has 2 heterocycles. The smallest absolute Gasteiger partial charge is 0.126 e. The average Bonchev–Trinajstić information content (AvgIpc) is 2.96. The van der Waals surface area contributed by atoms with Crippen LogP contribution in [-0.2, 0) is 0 Å². The standard InChI is InChI=1S/C13H17N3S.C2H6/c1-2-3-4-8-15-12-10-16-13(17-12)11-6-5-7-14-9-11;1-2/h5-7,9-10,15H,2-4,8H2,1H3;1-2H3. The van der Waals surface area contributed by atoms with E-state index in [2.05, 4.69) is 22.2 Å².